The topological polar surface area (TPSA) is 86.7 Å². The van der Waals surface area contributed by atoms with Gasteiger partial charge in [0.15, 0.2) is 0 Å². The summed E-state index contributed by atoms with van der Waals surface area (Å²) in [6.45, 7) is 3.39. The summed E-state index contributed by atoms with van der Waals surface area (Å²) >= 11 is 2.85. The first-order chi connectivity index (χ1) is 10.4. The molecule has 2 heterocycles. The van der Waals surface area contributed by atoms with E-state index in [1.165, 1.54) is 29.8 Å². The van der Waals surface area contributed by atoms with Crippen LogP contribution in [0.15, 0.2) is 22.2 Å². The van der Waals surface area contributed by atoms with Gasteiger partial charge in [-0.15, -0.1) is 0 Å². The van der Waals surface area contributed by atoms with E-state index < -0.39 is 5.97 Å². The van der Waals surface area contributed by atoms with Gasteiger partial charge in [-0.25, -0.2) is 4.79 Å². The zero-order chi connectivity index (χ0) is 16.4. The predicted octanol–water partition coefficient (Wildman–Crippen LogP) is 1.61. The Bertz CT molecular complexity index is 573. The van der Waals surface area contributed by atoms with Crippen molar-refractivity contribution in [3.63, 3.8) is 0 Å². The minimum absolute atomic E-state index is 0.0577. The first-order valence-corrected chi connectivity index (χ1v) is 8.96. The Hall–Kier alpha value is -1.41. The molecule has 2 rings (SSSR count). The average molecular weight is 342 g/mol. The maximum absolute atomic E-state index is 12.3. The zero-order valence-corrected chi connectivity index (χ0v) is 14.2. The van der Waals surface area contributed by atoms with Gasteiger partial charge in [0.05, 0.1) is 12.0 Å². The Morgan fingerprint density at radius 1 is 1.50 bits per heavy atom. The molecule has 2 amide bonds. The van der Waals surface area contributed by atoms with E-state index >= 15 is 0 Å². The van der Waals surface area contributed by atoms with Crippen molar-refractivity contribution >= 4 is 41.3 Å². The van der Waals surface area contributed by atoms with Crippen molar-refractivity contribution in [2.24, 2.45) is 5.92 Å². The van der Waals surface area contributed by atoms with Gasteiger partial charge < -0.3 is 15.3 Å². The zero-order valence-electron chi connectivity index (χ0n) is 12.5. The van der Waals surface area contributed by atoms with Gasteiger partial charge in [0.2, 0.25) is 11.8 Å². The number of β-lactam (4-membered cyclic amide) rings is 1. The third-order valence-electron chi connectivity index (χ3n) is 3.81. The Morgan fingerprint density at radius 3 is 2.73 bits per heavy atom. The third-order valence-corrected chi connectivity index (χ3v) is 5.77. The number of nitrogens with zero attached hydrogens (tertiary/aromatic N) is 1. The van der Waals surface area contributed by atoms with E-state index in [1.807, 2.05) is 13.2 Å². The maximum atomic E-state index is 12.3. The highest BCUT2D eigenvalue weighted by molar-refractivity contribution is 8.05. The van der Waals surface area contributed by atoms with Gasteiger partial charge in [0, 0.05) is 29.7 Å². The van der Waals surface area contributed by atoms with Crippen molar-refractivity contribution in [1.82, 2.24) is 10.2 Å². The number of amides is 2. The van der Waals surface area contributed by atoms with E-state index in [1.54, 1.807) is 17.2 Å². The summed E-state index contributed by atoms with van der Waals surface area (Å²) in [6.07, 6.45) is 3.98. The average Bonchev–Trinajstić information content (AvgIpc) is 2.78. The molecule has 2 N–H and O–H groups in total. The van der Waals surface area contributed by atoms with Crippen LogP contribution in [0.25, 0.3) is 0 Å². The lowest BCUT2D eigenvalue weighted by atomic mass is 9.85. The number of hydrogen-bond acceptors (Lipinski definition) is 5. The van der Waals surface area contributed by atoms with Crippen LogP contribution < -0.4 is 5.32 Å². The van der Waals surface area contributed by atoms with Gasteiger partial charge >= 0.3 is 5.97 Å². The normalized spacial score (nSPS) is 25.2. The maximum Gasteiger partial charge on any atom is 0.353 e. The van der Waals surface area contributed by atoms with Crippen molar-refractivity contribution in [1.29, 1.82) is 0 Å². The molecular formula is C14H18N2O4S2. The summed E-state index contributed by atoms with van der Waals surface area (Å²) in [5.74, 6) is -1.50. The summed E-state index contributed by atoms with van der Waals surface area (Å²) in [6, 6.07) is -0.0577. The van der Waals surface area contributed by atoms with Gasteiger partial charge in [-0.3, -0.25) is 9.59 Å². The van der Waals surface area contributed by atoms with Crippen LogP contribution in [0.4, 0.5) is 0 Å². The first-order valence-electron chi connectivity index (χ1n) is 6.79. The molecule has 2 aliphatic heterocycles. The molecule has 6 nitrogen and oxygen atoms in total. The molecule has 1 fully saturated rings. The van der Waals surface area contributed by atoms with Crippen LogP contribution in [-0.2, 0) is 14.4 Å². The molecule has 0 spiro atoms. The fourth-order valence-corrected chi connectivity index (χ4v) is 4.19. The number of carboxylic acids is 1. The summed E-state index contributed by atoms with van der Waals surface area (Å²) in [5, 5.41) is 13.7. The van der Waals surface area contributed by atoms with Crippen LogP contribution in [0.5, 0.6) is 0 Å². The van der Waals surface area contributed by atoms with Crippen LogP contribution in [0.2, 0.25) is 0 Å². The molecule has 3 atom stereocenters. The number of aliphatic carboxylic acids is 1. The van der Waals surface area contributed by atoms with Gasteiger partial charge in [-0.2, -0.15) is 11.8 Å². The van der Waals surface area contributed by atoms with Crippen molar-refractivity contribution in [2.45, 2.75) is 31.6 Å². The molecule has 0 aromatic carbocycles. The Balaban J connectivity index is 2.13. The van der Waals surface area contributed by atoms with E-state index in [4.69, 9.17) is 0 Å². The highest BCUT2D eigenvalue weighted by atomic mass is 32.2. The number of carboxylic acid groups (broad SMARTS) is 1. The summed E-state index contributed by atoms with van der Waals surface area (Å²) in [4.78, 5) is 36.6. The van der Waals surface area contributed by atoms with E-state index in [2.05, 4.69) is 5.32 Å². The fraction of sp³-hybridized carbons (Fsp3) is 0.500. The number of fused-ring (bicyclic) bond motifs is 1. The molecule has 22 heavy (non-hydrogen) atoms. The lowest BCUT2D eigenvalue weighted by Crippen LogP contribution is -2.61. The van der Waals surface area contributed by atoms with Crippen LogP contribution in [-0.4, -0.2) is 45.3 Å². The fourth-order valence-electron chi connectivity index (χ4n) is 2.74. The molecule has 0 aromatic rings. The number of hydrogen-bond donors (Lipinski definition) is 2. The Labute approximate surface area is 137 Å². The second kappa shape index (κ2) is 6.78. The standard InChI is InChI=1S/C14H18N2O4S2/c1-7(21-3)11-9-6-10(22-5-4-15-8(2)17)12(14(19)20)16(9)13(11)18/h4-5,7,9,11H,6H2,1-3H3,(H,15,17)(H,19,20)/t7?,9-,11-/m1/s1. The summed E-state index contributed by atoms with van der Waals surface area (Å²) in [5.41, 5.74) is 0.0806. The van der Waals surface area contributed by atoms with E-state index in [9.17, 15) is 19.5 Å². The molecule has 120 valence electrons. The van der Waals surface area contributed by atoms with Crippen molar-refractivity contribution in [2.75, 3.05) is 6.26 Å². The number of nitrogens with one attached hydrogen (secondary N) is 1. The number of rotatable bonds is 6. The van der Waals surface area contributed by atoms with Gasteiger partial charge in [0.1, 0.15) is 5.70 Å². The van der Waals surface area contributed by atoms with Crippen molar-refractivity contribution < 1.29 is 19.5 Å². The second-order valence-corrected chi connectivity index (χ2v) is 7.36. The molecule has 0 aromatic heterocycles. The first kappa shape index (κ1) is 17.0. The SMILES string of the molecule is CSC(C)[C@H]1C(=O)N2C(C(=O)O)=C(SC=CNC(C)=O)C[C@H]12. The van der Waals surface area contributed by atoms with Gasteiger partial charge in [-0.05, 0) is 11.7 Å². The monoisotopic (exact) mass is 342 g/mol. The summed E-state index contributed by atoms with van der Waals surface area (Å²) in [7, 11) is 0. The quantitative estimate of drug-likeness (QED) is 0.713. The number of thioether (sulfide) groups is 2. The van der Waals surface area contributed by atoms with Crippen molar-refractivity contribution in [3.05, 3.63) is 22.2 Å². The Kier molecular flexibility index (Phi) is 5.23. The van der Waals surface area contributed by atoms with Crippen LogP contribution in [0, 0.1) is 5.92 Å². The van der Waals surface area contributed by atoms with Crippen LogP contribution >= 0.6 is 23.5 Å². The lowest BCUT2D eigenvalue weighted by Gasteiger charge is -2.45. The van der Waals surface area contributed by atoms with Crippen LogP contribution in [0.3, 0.4) is 0 Å². The molecule has 2 aliphatic rings. The highest BCUT2D eigenvalue weighted by Gasteiger charge is 2.56. The molecule has 1 saturated heterocycles. The Morgan fingerprint density at radius 2 is 2.18 bits per heavy atom. The molecule has 0 aliphatic carbocycles. The molecular weight excluding hydrogens is 324 g/mol. The third kappa shape index (κ3) is 3.03. The molecule has 0 radical (unpaired) electrons. The number of carbonyl (C=O) groups excluding carboxylic acids is 2. The smallest absolute Gasteiger partial charge is 0.353 e. The second-order valence-electron chi connectivity index (χ2n) is 5.14. The lowest BCUT2D eigenvalue weighted by molar-refractivity contribution is -0.154. The minimum atomic E-state index is -1.08. The number of carbonyl (C=O) groups is 3. The van der Waals surface area contributed by atoms with Gasteiger partial charge in [-0.1, -0.05) is 18.7 Å². The van der Waals surface area contributed by atoms with Gasteiger partial charge in [0.25, 0.3) is 0 Å². The summed E-state index contributed by atoms with van der Waals surface area (Å²) < 4.78 is 0. The molecule has 1 unspecified atom stereocenters. The minimum Gasteiger partial charge on any atom is -0.477 e. The van der Waals surface area contributed by atoms with Crippen LogP contribution in [0.1, 0.15) is 20.3 Å². The van der Waals surface area contributed by atoms with Crippen molar-refractivity contribution in [3.8, 4) is 0 Å². The molecule has 0 saturated carbocycles. The highest BCUT2D eigenvalue weighted by Crippen LogP contribution is 2.48. The predicted molar refractivity (Wildman–Crippen MR) is 86.9 cm³/mol. The van der Waals surface area contributed by atoms with E-state index in [0.29, 0.717) is 11.3 Å². The molecule has 0 bridgehead atoms. The van der Waals surface area contributed by atoms with E-state index in [-0.39, 0.29) is 34.7 Å². The van der Waals surface area contributed by atoms with E-state index in [0.717, 1.165) is 0 Å². The largest absolute Gasteiger partial charge is 0.477 e. The molecule has 8 heteroatoms.